The van der Waals surface area contributed by atoms with Gasteiger partial charge in [-0.25, -0.2) is 4.79 Å². The van der Waals surface area contributed by atoms with Gasteiger partial charge in [-0.3, -0.25) is 0 Å². The van der Waals surface area contributed by atoms with Crippen LogP contribution in [0, 0.1) is 0 Å². The van der Waals surface area contributed by atoms with Crippen LogP contribution < -0.4 is 5.32 Å². The number of carboxylic acids is 1. The number of nitrogens with one attached hydrogen (secondary N) is 1. The summed E-state index contributed by atoms with van der Waals surface area (Å²) in [5, 5.41) is 31.4. The zero-order valence-corrected chi connectivity index (χ0v) is 11.2. The summed E-state index contributed by atoms with van der Waals surface area (Å²) < 4.78 is 38.0. The maximum absolute atomic E-state index is 12.7. The van der Waals surface area contributed by atoms with Crippen molar-refractivity contribution in [1.29, 1.82) is 0 Å². The van der Waals surface area contributed by atoms with E-state index in [2.05, 4.69) is 5.32 Å². The topological polar surface area (TPSA) is 89.8 Å². The van der Waals surface area contributed by atoms with Crippen LogP contribution in [0.3, 0.4) is 0 Å². The Morgan fingerprint density at radius 3 is 2.43 bits per heavy atom. The summed E-state index contributed by atoms with van der Waals surface area (Å²) in [6.45, 7) is 0.319. The van der Waals surface area contributed by atoms with Crippen molar-refractivity contribution >= 4 is 5.97 Å². The third-order valence-electron chi connectivity index (χ3n) is 2.98. The molecule has 0 aliphatic heterocycles. The molecule has 4 N–H and O–H groups in total. The molecule has 8 heteroatoms. The fourth-order valence-corrected chi connectivity index (χ4v) is 1.84. The molecule has 1 aromatic rings. The highest BCUT2D eigenvalue weighted by atomic mass is 19.4. The monoisotopic (exact) mass is 307 g/mol. The van der Waals surface area contributed by atoms with Crippen LogP contribution in [-0.4, -0.2) is 41.0 Å². The second-order valence-corrected chi connectivity index (χ2v) is 4.51. The highest BCUT2D eigenvalue weighted by Gasteiger charge is 2.33. The molecular weight excluding hydrogens is 291 g/mol. The fraction of sp³-hybridized carbons (Fsp3) is 0.462. The van der Waals surface area contributed by atoms with Crippen LogP contribution in [0.15, 0.2) is 18.2 Å². The van der Waals surface area contributed by atoms with E-state index in [0.29, 0.717) is 18.7 Å². The Labute approximate surface area is 119 Å². The summed E-state index contributed by atoms with van der Waals surface area (Å²) in [7, 11) is 1.60. The lowest BCUT2D eigenvalue weighted by Crippen LogP contribution is -2.25. The molecule has 21 heavy (non-hydrogen) atoms. The van der Waals surface area contributed by atoms with Crippen molar-refractivity contribution in [1.82, 2.24) is 5.32 Å². The maximum atomic E-state index is 12.7. The van der Waals surface area contributed by atoms with Crippen molar-refractivity contribution in [3.05, 3.63) is 34.9 Å². The molecule has 0 bridgehead atoms. The number of aliphatic hydroxyl groups is 2. The Balaban J connectivity index is 3.20. The smallest absolute Gasteiger partial charge is 0.416 e. The number of rotatable bonds is 6. The van der Waals surface area contributed by atoms with E-state index in [-0.39, 0.29) is 6.42 Å². The van der Waals surface area contributed by atoms with E-state index >= 15 is 0 Å². The maximum Gasteiger partial charge on any atom is 0.416 e. The molecular formula is C13H16F3NO4. The van der Waals surface area contributed by atoms with Gasteiger partial charge >= 0.3 is 12.1 Å². The van der Waals surface area contributed by atoms with E-state index in [1.165, 1.54) is 0 Å². The number of carbonyl (C=O) groups is 1. The Bertz CT molecular complexity index is 505. The molecule has 0 saturated carbocycles. The first-order chi connectivity index (χ1) is 9.68. The number of carboxylic acid groups (broad SMARTS) is 1. The van der Waals surface area contributed by atoms with Crippen molar-refractivity contribution in [2.45, 2.75) is 24.8 Å². The van der Waals surface area contributed by atoms with Crippen molar-refractivity contribution in [2.24, 2.45) is 0 Å². The Kier molecular flexibility index (Phi) is 5.70. The lowest BCUT2D eigenvalue weighted by molar-refractivity contribution is -0.137. The van der Waals surface area contributed by atoms with Gasteiger partial charge in [0.2, 0.25) is 0 Å². The summed E-state index contributed by atoms with van der Waals surface area (Å²) in [4.78, 5) is 11.0. The van der Waals surface area contributed by atoms with E-state index in [9.17, 15) is 28.2 Å². The van der Waals surface area contributed by atoms with E-state index < -0.39 is 41.0 Å². The Morgan fingerprint density at radius 1 is 1.33 bits per heavy atom. The minimum absolute atomic E-state index is 0.0625. The number of aromatic carboxylic acids is 1. The summed E-state index contributed by atoms with van der Waals surface area (Å²) >= 11 is 0. The Morgan fingerprint density at radius 2 is 1.95 bits per heavy atom. The molecule has 0 aromatic heterocycles. The molecule has 0 radical (unpaired) electrons. The molecule has 0 amide bonds. The summed E-state index contributed by atoms with van der Waals surface area (Å²) in [6.07, 6.45) is -7.69. The van der Waals surface area contributed by atoms with Gasteiger partial charge in [0.05, 0.1) is 17.2 Å². The van der Waals surface area contributed by atoms with Crippen molar-refractivity contribution in [3.8, 4) is 0 Å². The molecule has 2 unspecified atom stereocenters. The van der Waals surface area contributed by atoms with Gasteiger partial charge in [-0.05, 0) is 43.8 Å². The normalized spacial score (nSPS) is 14.8. The lowest BCUT2D eigenvalue weighted by Gasteiger charge is -2.21. The standard InChI is InChI=1S/C13H16F3NO4/c1-17-5-4-10(18)11(19)9-6-7(13(14,15)16)2-3-8(9)12(20)21/h2-3,6,10-11,17-19H,4-5H2,1H3,(H,20,21). The van der Waals surface area contributed by atoms with Gasteiger partial charge < -0.3 is 20.6 Å². The molecule has 0 saturated heterocycles. The van der Waals surface area contributed by atoms with E-state index in [1.54, 1.807) is 7.05 Å². The molecule has 0 spiro atoms. The molecule has 0 aliphatic rings. The van der Waals surface area contributed by atoms with Crippen LogP contribution in [0.1, 0.15) is 34.0 Å². The summed E-state index contributed by atoms with van der Waals surface area (Å²) in [5.41, 5.74) is -2.01. The molecule has 0 aliphatic carbocycles. The predicted octanol–water partition coefficient (Wildman–Crippen LogP) is 1.41. The summed E-state index contributed by atoms with van der Waals surface area (Å²) in [6, 6.07) is 1.95. The molecule has 5 nitrogen and oxygen atoms in total. The molecule has 118 valence electrons. The largest absolute Gasteiger partial charge is 0.478 e. The number of aliphatic hydroxyl groups excluding tert-OH is 2. The minimum Gasteiger partial charge on any atom is -0.478 e. The third kappa shape index (κ3) is 4.42. The van der Waals surface area contributed by atoms with Crippen molar-refractivity contribution < 1.29 is 33.3 Å². The van der Waals surface area contributed by atoms with Crippen molar-refractivity contribution in [3.63, 3.8) is 0 Å². The highest BCUT2D eigenvalue weighted by Crippen LogP contribution is 2.33. The first-order valence-corrected chi connectivity index (χ1v) is 6.13. The van der Waals surface area contributed by atoms with Gasteiger partial charge in [0.1, 0.15) is 6.10 Å². The quantitative estimate of drug-likeness (QED) is 0.638. The minimum atomic E-state index is -4.67. The second kappa shape index (κ2) is 6.88. The molecule has 1 aromatic carbocycles. The number of hydrogen-bond acceptors (Lipinski definition) is 4. The molecule has 0 heterocycles. The fourth-order valence-electron chi connectivity index (χ4n) is 1.84. The van der Waals surface area contributed by atoms with Gasteiger partial charge in [0.15, 0.2) is 0 Å². The van der Waals surface area contributed by atoms with Gasteiger partial charge in [0, 0.05) is 0 Å². The SMILES string of the molecule is CNCCC(O)C(O)c1cc(C(F)(F)F)ccc1C(=O)O. The van der Waals surface area contributed by atoms with Crippen LogP contribution in [-0.2, 0) is 6.18 Å². The first-order valence-electron chi connectivity index (χ1n) is 6.13. The average molecular weight is 307 g/mol. The van der Waals surface area contributed by atoms with E-state index in [4.69, 9.17) is 5.11 Å². The van der Waals surface area contributed by atoms with Crippen LogP contribution in [0.4, 0.5) is 13.2 Å². The highest BCUT2D eigenvalue weighted by molar-refractivity contribution is 5.89. The van der Waals surface area contributed by atoms with Crippen LogP contribution >= 0.6 is 0 Å². The van der Waals surface area contributed by atoms with Gasteiger partial charge in [-0.15, -0.1) is 0 Å². The van der Waals surface area contributed by atoms with Gasteiger partial charge in [-0.2, -0.15) is 13.2 Å². The van der Waals surface area contributed by atoms with E-state index in [1.807, 2.05) is 0 Å². The van der Waals surface area contributed by atoms with Crippen LogP contribution in [0.2, 0.25) is 0 Å². The zero-order chi connectivity index (χ0) is 16.2. The Hall–Kier alpha value is -1.64. The number of halogens is 3. The predicted molar refractivity (Wildman–Crippen MR) is 67.9 cm³/mol. The molecule has 0 fully saturated rings. The second-order valence-electron chi connectivity index (χ2n) is 4.51. The first kappa shape index (κ1) is 17.4. The van der Waals surface area contributed by atoms with Crippen LogP contribution in [0.25, 0.3) is 0 Å². The lowest BCUT2D eigenvalue weighted by atomic mass is 9.95. The van der Waals surface area contributed by atoms with Crippen LogP contribution in [0.5, 0.6) is 0 Å². The van der Waals surface area contributed by atoms with Gasteiger partial charge in [-0.1, -0.05) is 0 Å². The third-order valence-corrected chi connectivity index (χ3v) is 2.98. The summed E-state index contributed by atoms with van der Waals surface area (Å²) in [5.74, 6) is -1.47. The number of benzene rings is 1. The zero-order valence-electron chi connectivity index (χ0n) is 11.2. The number of hydrogen-bond donors (Lipinski definition) is 4. The molecule has 2 atom stereocenters. The average Bonchev–Trinajstić information content (AvgIpc) is 2.42. The molecule has 1 rings (SSSR count). The van der Waals surface area contributed by atoms with E-state index in [0.717, 1.165) is 6.07 Å². The van der Waals surface area contributed by atoms with Gasteiger partial charge in [0.25, 0.3) is 0 Å². The number of alkyl halides is 3. The van der Waals surface area contributed by atoms with Crippen molar-refractivity contribution in [2.75, 3.05) is 13.6 Å².